The molecule has 1 aliphatic heterocycles. The van der Waals surface area contributed by atoms with Gasteiger partial charge < -0.3 is 9.64 Å². The van der Waals surface area contributed by atoms with Crippen molar-refractivity contribution >= 4 is 33.4 Å². The Balaban J connectivity index is 2.16. The van der Waals surface area contributed by atoms with E-state index in [0.717, 1.165) is 11.1 Å². The third-order valence-corrected chi connectivity index (χ3v) is 6.31. The van der Waals surface area contributed by atoms with Crippen LogP contribution >= 0.6 is 11.6 Å². The number of para-hydroxylation sites is 1. The quantitative estimate of drug-likeness (QED) is 0.173. The van der Waals surface area contributed by atoms with Crippen LogP contribution in [0.3, 0.4) is 0 Å². The molecule has 0 saturated carbocycles. The lowest BCUT2D eigenvalue weighted by molar-refractivity contribution is -0.0605. The smallest absolute Gasteiger partial charge is 0.462 e. The van der Waals surface area contributed by atoms with Gasteiger partial charge in [0.05, 0.1) is 18.2 Å². The number of nitrogens with zero attached hydrogens (tertiary/aromatic N) is 3. The molecule has 188 valence electrons. The molecule has 2 heterocycles. The summed E-state index contributed by atoms with van der Waals surface area (Å²) in [6.07, 6.45) is -4.77. The van der Waals surface area contributed by atoms with E-state index in [1.54, 1.807) is 6.07 Å². The summed E-state index contributed by atoms with van der Waals surface area (Å²) in [7, 11) is -6.15. The van der Waals surface area contributed by atoms with Crippen molar-refractivity contribution in [1.29, 1.82) is 0 Å². The average molecular weight is 532 g/mol. The third kappa shape index (κ3) is 5.28. The lowest BCUT2D eigenvalue weighted by Gasteiger charge is -2.43. The number of esters is 1. The summed E-state index contributed by atoms with van der Waals surface area (Å²) in [5.41, 5.74) is -7.11. The van der Waals surface area contributed by atoms with Crippen LogP contribution in [0.15, 0.2) is 36.5 Å². The number of benzene rings is 1. The Bertz CT molecular complexity index is 1110. The van der Waals surface area contributed by atoms with Gasteiger partial charge in [-0.05, 0) is 25.5 Å². The van der Waals surface area contributed by atoms with Crippen molar-refractivity contribution in [3.63, 3.8) is 0 Å². The van der Waals surface area contributed by atoms with E-state index in [4.69, 9.17) is 16.3 Å². The van der Waals surface area contributed by atoms with Gasteiger partial charge in [-0.1, -0.05) is 18.2 Å². The van der Waals surface area contributed by atoms with Crippen molar-refractivity contribution in [2.45, 2.75) is 42.9 Å². The van der Waals surface area contributed by atoms with Gasteiger partial charge in [-0.25, -0.2) is 17.8 Å². The number of anilines is 1. The van der Waals surface area contributed by atoms with Crippen molar-refractivity contribution in [2.75, 3.05) is 18.1 Å². The van der Waals surface area contributed by atoms with Crippen molar-refractivity contribution in [3.8, 4) is 0 Å². The highest BCUT2D eigenvalue weighted by Crippen LogP contribution is 2.40. The van der Waals surface area contributed by atoms with Crippen LogP contribution in [-0.4, -0.2) is 54.4 Å². The van der Waals surface area contributed by atoms with Crippen LogP contribution in [0.5, 0.6) is 0 Å². The fraction of sp³-hybridized carbons (Fsp3) is 0.474. The molecule has 0 bridgehead atoms. The van der Waals surface area contributed by atoms with Crippen molar-refractivity contribution in [2.24, 2.45) is 0 Å². The molecule has 0 amide bonds. The van der Waals surface area contributed by atoms with Gasteiger partial charge in [-0.2, -0.15) is 26.7 Å². The summed E-state index contributed by atoms with van der Waals surface area (Å²) in [6, 6.07) is 6.07. The van der Waals surface area contributed by atoms with Crippen molar-refractivity contribution in [3.05, 3.63) is 47.8 Å². The number of ether oxygens (including phenoxy) is 1. The number of carbonyl (C=O) groups excluding carboxylic acids is 1. The molecule has 1 saturated heterocycles. The molecule has 1 aromatic carbocycles. The molecule has 1 aliphatic rings. The van der Waals surface area contributed by atoms with Crippen LogP contribution < -0.4 is 4.90 Å². The van der Waals surface area contributed by atoms with E-state index < -0.39 is 56.9 Å². The van der Waals surface area contributed by atoms with Crippen LogP contribution in [0.1, 0.15) is 41.9 Å². The maximum atomic E-state index is 14.0. The average Bonchev–Trinajstić information content (AvgIpc) is 3.20. The van der Waals surface area contributed by atoms with E-state index in [9.17, 15) is 35.2 Å². The number of halogens is 6. The molecular formula is C19H19ClF5N3O5S. The lowest BCUT2D eigenvalue weighted by atomic mass is 10.0. The summed E-state index contributed by atoms with van der Waals surface area (Å²) >= 11 is 6.29. The molecule has 1 aromatic heterocycles. The number of hydrogen-bond acceptors (Lipinski definition) is 7. The molecule has 3 rings (SSSR count). The molecule has 8 nitrogen and oxygen atoms in total. The SMILES string of the molecule is CCOC(=O)c1cnn(C2CC(Cl)CN(c3ccccc3)C2OS(=O)(=O)C(F)(F)F)c1C(F)F. The third-order valence-electron chi connectivity index (χ3n) is 4.98. The molecule has 0 aliphatic carbocycles. The first kappa shape index (κ1) is 26.2. The largest absolute Gasteiger partial charge is 0.523 e. The van der Waals surface area contributed by atoms with Crippen LogP contribution in [0.4, 0.5) is 27.6 Å². The zero-order valence-electron chi connectivity index (χ0n) is 17.5. The van der Waals surface area contributed by atoms with Crippen LogP contribution in [-0.2, 0) is 19.0 Å². The normalized spacial score (nSPS) is 21.6. The summed E-state index contributed by atoms with van der Waals surface area (Å²) in [6.45, 7) is 1.17. The molecule has 0 radical (unpaired) electrons. The Labute approximate surface area is 196 Å². The van der Waals surface area contributed by atoms with Gasteiger partial charge in [-0.3, -0.25) is 4.68 Å². The van der Waals surface area contributed by atoms with Gasteiger partial charge in [0.25, 0.3) is 6.43 Å². The number of rotatable bonds is 7. The first-order valence-corrected chi connectivity index (χ1v) is 11.7. The van der Waals surface area contributed by atoms with Crippen LogP contribution in [0, 0.1) is 0 Å². The molecular weight excluding hydrogens is 513 g/mol. The topological polar surface area (TPSA) is 90.7 Å². The molecule has 0 spiro atoms. The molecule has 3 atom stereocenters. The standard InChI is InChI=1S/C19H19ClF5N3O5S/c1-2-32-18(29)13-9-26-28(15(13)16(21)22)14-8-11(20)10-27(12-6-4-3-5-7-12)17(14)33-34(30,31)19(23,24)25/h3-7,9,11,14,16-17H,2,8,10H2,1H3. The van der Waals surface area contributed by atoms with Crippen molar-refractivity contribution in [1.82, 2.24) is 9.78 Å². The van der Waals surface area contributed by atoms with E-state index in [0.29, 0.717) is 4.68 Å². The summed E-state index contributed by atoms with van der Waals surface area (Å²) in [5.74, 6) is -1.12. The number of aromatic nitrogens is 2. The number of alkyl halides is 6. The Morgan fingerprint density at radius 1 is 1.26 bits per heavy atom. The Morgan fingerprint density at radius 3 is 2.47 bits per heavy atom. The highest BCUT2D eigenvalue weighted by atomic mass is 35.5. The number of hydrogen-bond donors (Lipinski definition) is 0. The Hall–Kier alpha value is -2.45. The lowest BCUT2D eigenvalue weighted by Crippen LogP contribution is -2.53. The van der Waals surface area contributed by atoms with E-state index in [1.165, 1.54) is 31.2 Å². The van der Waals surface area contributed by atoms with Gasteiger partial charge in [0, 0.05) is 12.2 Å². The van der Waals surface area contributed by atoms with Crippen LogP contribution in [0.25, 0.3) is 0 Å². The zero-order chi connectivity index (χ0) is 25.3. The van der Waals surface area contributed by atoms with E-state index in [-0.39, 0.29) is 25.3 Å². The molecule has 2 aromatic rings. The van der Waals surface area contributed by atoms with E-state index in [1.807, 2.05) is 0 Å². The number of carbonyl (C=O) groups is 1. The van der Waals surface area contributed by atoms with Gasteiger partial charge >= 0.3 is 21.6 Å². The highest BCUT2D eigenvalue weighted by molar-refractivity contribution is 7.87. The van der Waals surface area contributed by atoms with Gasteiger partial charge in [-0.15, -0.1) is 11.6 Å². The monoisotopic (exact) mass is 531 g/mol. The zero-order valence-corrected chi connectivity index (χ0v) is 19.0. The van der Waals surface area contributed by atoms with E-state index >= 15 is 0 Å². The predicted molar refractivity (Wildman–Crippen MR) is 110 cm³/mol. The summed E-state index contributed by atoms with van der Waals surface area (Å²) in [5, 5.41) is 2.94. The second kappa shape index (κ2) is 10.0. The number of piperidine rings is 1. The second-order valence-electron chi connectivity index (χ2n) is 7.18. The maximum absolute atomic E-state index is 14.0. The van der Waals surface area contributed by atoms with E-state index in [2.05, 4.69) is 9.28 Å². The molecule has 1 fully saturated rings. The molecule has 15 heteroatoms. The minimum Gasteiger partial charge on any atom is -0.462 e. The fourth-order valence-electron chi connectivity index (χ4n) is 3.59. The second-order valence-corrected chi connectivity index (χ2v) is 9.36. The summed E-state index contributed by atoms with van der Waals surface area (Å²) in [4.78, 5) is 13.3. The molecule has 34 heavy (non-hydrogen) atoms. The molecule has 0 N–H and O–H groups in total. The fourth-order valence-corrected chi connectivity index (χ4v) is 4.52. The first-order chi connectivity index (χ1) is 15.9. The summed E-state index contributed by atoms with van der Waals surface area (Å²) < 4.78 is 101. The van der Waals surface area contributed by atoms with Gasteiger partial charge in [0.1, 0.15) is 17.3 Å². The molecule has 3 unspecified atom stereocenters. The van der Waals surface area contributed by atoms with Crippen molar-refractivity contribution < 1.29 is 44.1 Å². The minimum atomic E-state index is -6.15. The van der Waals surface area contributed by atoms with Gasteiger partial charge in [0.2, 0.25) is 0 Å². The maximum Gasteiger partial charge on any atom is 0.523 e. The predicted octanol–water partition coefficient (Wildman–Crippen LogP) is 4.25. The van der Waals surface area contributed by atoms with Crippen LogP contribution in [0.2, 0.25) is 0 Å². The minimum absolute atomic E-state index is 0.128. The Kier molecular flexibility index (Phi) is 7.72. The van der Waals surface area contributed by atoms with Gasteiger partial charge in [0.15, 0.2) is 6.23 Å². The first-order valence-electron chi connectivity index (χ1n) is 9.85. The Morgan fingerprint density at radius 2 is 1.91 bits per heavy atom. The highest BCUT2D eigenvalue weighted by Gasteiger charge is 2.52.